The van der Waals surface area contributed by atoms with E-state index in [9.17, 15) is 9.90 Å². The van der Waals surface area contributed by atoms with Crippen molar-refractivity contribution in [3.8, 4) is 11.5 Å². The van der Waals surface area contributed by atoms with Gasteiger partial charge in [0, 0.05) is 25.2 Å². The molecule has 5 heteroatoms. The van der Waals surface area contributed by atoms with Gasteiger partial charge in [-0.1, -0.05) is 0 Å². The summed E-state index contributed by atoms with van der Waals surface area (Å²) >= 11 is 0. The summed E-state index contributed by atoms with van der Waals surface area (Å²) in [6, 6.07) is 5.25. The Morgan fingerprint density at radius 3 is 2.86 bits per heavy atom. The summed E-state index contributed by atoms with van der Waals surface area (Å²) < 4.78 is 5.01. The number of phenols is 1. The number of phenolic OH excluding ortho intramolecular Hbond substituents is 1. The van der Waals surface area contributed by atoms with Crippen molar-refractivity contribution in [2.24, 2.45) is 5.92 Å². The van der Waals surface area contributed by atoms with E-state index in [-0.39, 0.29) is 17.2 Å². The van der Waals surface area contributed by atoms with Crippen LogP contribution in [-0.4, -0.2) is 48.7 Å². The zero-order valence-corrected chi connectivity index (χ0v) is 12.9. The van der Waals surface area contributed by atoms with Crippen LogP contribution in [0.2, 0.25) is 0 Å². The molecule has 0 spiro atoms. The molecule has 0 aromatic heterocycles. The number of carbonyl (C=O) groups excluding carboxylic acids is 1. The fourth-order valence-electron chi connectivity index (χ4n) is 2.66. The summed E-state index contributed by atoms with van der Waals surface area (Å²) in [7, 11) is 1.52. The standard InChI is InChI=1S/C16H24N2O3/c1-11(2)18-7-6-12(10-18)9-17-16(20)14-5-4-13(21-3)8-15(14)19/h4-5,8,11-12,19H,6-7,9-10H2,1-3H3,(H,17,20)/t12-/m1/s1. The van der Waals surface area contributed by atoms with Crippen LogP contribution in [0.3, 0.4) is 0 Å². The Kier molecular flexibility index (Phi) is 5.07. The van der Waals surface area contributed by atoms with E-state index in [1.807, 2.05) is 0 Å². The molecule has 116 valence electrons. The average Bonchev–Trinajstić information content (AvgIpc) is 2.93. The topological polar surface area (TPSA) is 61.8 Å². The second-order valence-corrected chi connectivity index (χ2v) is 5.84. The molecule has 1 saturated heterocycles. The molecule has 1 amide bonds. The molecule has 0 radical (unpaired) electrons. The quantitative estimate of drug-likeness (QED) is 0.869. The number of benzene rings is 1. The van der Waals surface area contributed by atoms with Crippen LogP contribution in [0.1, 0.15) is 30.6 Å². The first-order valence-electron chi connectivity index (χ1n) is 7.40. The molecule has 1 fully saturated rings. The van der Waals surface area contributed by atoms with Gasteiger partial charge in [0.1, 0.15) is 11.5 Å². The predicted molar refractivity (Wildman–Crippen MR) is 81.8 cm³/mol. The zero-order valence-electron chi connectivity index (χ0n) is 12.9. The molecule has 1 aromatic rings. The van der Waals surface area contributed by atoms with Gasteiger partial charge in [0.15, 0.2) is 0 Å². The molecular weight excluding hydrogens is 268 g/mol. The van der Waals surface area contributed by atoms with E-state index in [1.54, 1.807) is 12.1 Å². The van der Waals surface area contributed by atoms with Crippen LogP contribution in [0.25, 0.3) is 0 Å². The van der Waals surface area contributed by atoms with Crippen molar-refractivity contribution >= 4 is 5.91 Å². The Morgan fingerprint density at radius 2 is 2.29 bits per heavy atom. The number of hydrogen-bond acceptors (Lipinski definition) is 4. The molecule has 1 aromatic carbocycles. The summed E-state index contributed by atoms with van der Waals surface area (Å²) in [5.41, 5.74) is 0.287. The van der Waals surface area contributed by atoms with Crippen molar-refractivity contribution in [2.75, 3.05) is 26.7 Å². The fourth-order valence-corrected chi connectivity index (χ4v) is 2.66. The Morgan fingerprint density at radius 1 is 1.52 bits per heavy atom. The van der Waals surface area contributed by atoms with Gasteiger partial charge >= 0.3 is 0 Å². The van der Waals surface area contributed by atoms with E-state index in [1.165, 1.54) is 13.2 Å². The van der Waals surface area contributed by atoms with Gasteiger partial charge in [0.25, 0.3) is 5.91 Å². The monoisotopic (exact) mass is 292 g/mol. The minimum atomic E-state index is -0.238. The molecule has 1 aliphatic rings. The van der Waals surface area contributed by atoms with Gasteiger partial charge in [-0.05, 0) is 44.9 Å². The molecule has 2 N–H and O–H groups in total. The summed E-state index contributed by atoms with van der Waals surface area (Å²) in [5.74, 6) is 0.726. The lowest BCUT2D eigenvalue weighted by molar-refractivity contribution is 0.0944. The van der Waals surface area contributed by atoms with Crippen molar-refractivity contribution < 1.29 is 14.6 Å². The number of ether oxygens (including phenoxy) is 1. The molecule has 1 atom stereocenters. The predicted octanol–water partition coefficient (Wildman–Crippen LogP) is 1.86. The van der Waals surface area contributed by atoms with Gasteiger partial charge in [0.2, 0.25) is 0 Å². The Hall–Kier alpha value is -1.75. The molecule has 0 saturated carbocycles. The van der Waals surface area contributed by atoms with Crippen LogP contribution in [0.5, 0.6) is 11.5 Å². The number of hydrogen-bond donors (Lipinski definition) is 2. The maximum absolute atomic E-state index is 12.1. The average molecular weight is 292 g/mol. The Labute approximate surface area is 125 Å². The highest BCUT2D eigenvalue weighted by atomic mass is 16.5. The smallest absolute Gasteiger partial charge is 0.255 e. The van der Waals surface area contributed by atoms with Crippen LogP contribution in [0.4, 0.5) is 0 Å². The van der Waals surface area contributed by atoms with Gasteiger partial charge in [-0.15, -0.1) is 0 Å². The third-order valence-corrected chi connectivity index (χ3v) is 4.05. The van der Waals surface area contributed by atoms with E-state index in [0.717, 1.165) is 19.5 Å². The fraction of sp³-hybridized carbons (Fsp3) is 0.562. The molecule has 0 bridgehead atoms. The van der Waals surface area contributed by atoms with E-state index in [0.29, 0.717) is 24.3 Å². The number of carbonyl (C=O) groups is 1. The Balaban J connectivity index is 1.88. The van der Waals surface area contributed by atoms with Gasteiger partial charge < -0.3 is 20.1 Å². The van der Waals surface area contributed by atoms with E-state index >= 15 is 0 Å². The third kappa shape index (κ3) is 3.88. The maximum Gasteiger partial charge on any atom is 0.255 e. The minimum absolute atomic E-state index is 0.0536. The van der Waals surface area contributed by atoms with Crippen LogP contribution >= 0.6 is 0 Å². The van der Waals surface area contributed by atoms with E-state index < -0.39 is 0 Å². The molecular formula is C16H24N2O3. The second-order valence-electron chi connectivity index (χ2n) is 5.84. The van der Waals surface area contributed by atoms with Gasteiger partial charge in [0.05, 0.1) is 12.7 Å². The molecule has 1 heterocycles. The van der Waals surface area contributed by atoms with Crippen molar-refractivity contribution in [1.82, 2.24) is 10.2 Å². The number of likely N-dealkylation sites (tertiary alicyclic amines) is 1. The largest absolute Gasteiger partial charge is 0.507 e. The van der Waals surface area contributed by atoms with Crippen molar-refractivity contribution in [2.45, 2.75) is 26.3 Å². The van der Waals surface area contributed by atoms with Crippen LogP contribution in [0, 0.1) is 5.92 Å². The van der Waals surface area contributed by atoms with Gasteiger partial charge in [-0.25, -0.2) is 0 Å². The summed E-state index contributed by atoms with van der Waals surface area (Å²) in [4.78, 5) is 14.5. The third-order valence-electron chi connectivity index (χ3n) is 4.05. The molecule has 5 nitrogen and oxygen atoms in total. The zero-order chi connectivity index (χ0) is 15.4. The minimum Gasteiger partial charge on any atom is -0.507 e. The van der Waals surface area contributed by atoms with Crippen LogP contribution < -0.4 is 10.1 Å². The number of nitrogens with one attached hydrogen (secondary N) is 1. The van der Waals surface area contributed by atoms with E-state index in [2.05, 4.69) is 24.1 Å². The summed E-state index contributed by atoms with van der Waals surface area (Å²) in [6.07, 6.45) is 1.10. The SMILES string of the molecule is COc1ccc(C(=O)NC[C@H]2CCN(C(C)C)C2)c(O)c1. The van der Waals surface area contributed by atoms with Crippen molar-refractivity contribution in [1.29, 1.82) is 0 Å². The number of nitrogens with zero attached hydrogens (tertiary/aromatic N) is 1. The molecule has 2 rings (SSSR count). The highest BCUT2D eigenvalue weighted by Gasteiger charge is 2.24. The summed E-state index contributed by atoms with van der Waals surface area (Å²) in [6.45, 7) is 7.14. The maximum atomic E-state index is 12.1. The normalized spacial score (nSPS) is 19.0. The van der Waals surface area contributed by atoms with Crippen LogP contribution in [-0.2, 0) is 0 Å². The molecule has 1 aliphatic heterocycles. The van der Waals surface area contributed by atoms with E-state index in [4.69, 9.17) is 4.74 Å². The number of aromatic hydroxyl groups is 1. The first kappa shape index (κ1) is 15.6. The first-order valence-corrected chi connectivity index (χ1v) is 7.40. The highest BCUT2D eigenvalue weighted by Crippen LogP contribution is 2.23. The highest BCUT2D eigenvalue weighted by molar-refractivity contribution is 5.97. The van der Waals surface area contributed by atoms with Crippen LogP contribution in [0.15, 0.2) is 18.2 Å². The number of rotatable bonds is 5. The lowest BCUT2D eigenvalue weighted by atomic mass is 10.1. The lowest BCUT2D eigenvalue weighted by Crippen LogP contribution is -2.33. The van der Waals surface area contributed by atoms with Crippen molar-refractivity contribution in [3.63, 3.8) is 0 Å². The van der Waals surface area contributed by atoms with Gasteiger partial charge in [-0.2, -0.15) is 0 Å². The summed E-state index contributed by atoms with van der Waals surface area (Å²) in [5, 5.41) is 12.8. The van der Waals surface area contributed by atoms with Gasteiger partial charge in [-0.3, -0.25) is 4.79 Å². The van der Waals surface area contributed by atoms with Crippen molar-refractivity contribution in [3.05, 3.63) is 23.8 Å². The molecule has 0 aliphatic carbocycles. The lowest BCUT2D eigenvalue weighted by Gasteiger charge is -2.20. The molecule has 21 heavy (non-hydrogen) atoms. The second kappa shape index (κ2) is 6.80. The number of amides is 1. The first-order chi connectivity index (χ1) is 10.0. The number of methoxy groups -OCH3 is 1. The Bertz CT molecular complexity index is 502. The molecule has 0 unspecified atom stereocenters.